The molecule has 0 fully saturated rings. The molecule has 2 aromatic heterocycles. The van der Waals surface area contributed by atoms with Gasteiger partial charge in [-0.05, 0) is 32.0 Å². The van der Waals surface area contributed by atoms with Crippen LogP contribution in [0.5, 0.6) is 0 Å². The minimum atomic E-state index is -4.79. The number of nitrogens with zero attached hydrogens (tertiary/aromatic N) is 6. The summed E-state index contributed by atoms with van der Waals surface area (Å²) < 4.78 is 80.7. The van der Waals surface area contributed by atoms with Crippen LogP contribution in [0, 0.1) is 0 Å². The van der Waals surface area contributed by atoms with Crippen molar-refractivity contribution >= 4 is 29.3 Å². The molecule has 3 aromatic rings. The third-order valence-corrected chi connectivity index (χ3v) is 8.10. The normalized spacial score (nSPS) is 19.4. The molecule has 1 aromatic carbocycles. The highest BCUT2D eigenvalue weighted by molar-refractivity contribution is 6.31. The minimum absolute atomic E-state index is 0.0173. The number of carbonyl (C=O) groups excluding carboxylic acids is 3. The molecule has 0 saturated carbocycles. The van der Waals surface area contributed by atoms with Gasteiger partial charge in [0.2, 0.25) is 11.7 Å². The van der Waals surface area contributed by atoms with E-state index in [1.54, 1.807) is 13.8 Å². The first-order valence-corrected chi connectivity index (χ1v) is 13.6. The number of nitrogens with one attached hydrogen (secondary N) is 1. The molecular formula is C27H24ClF6N7O3. The van der Waals surface area contributed by atoms with E-state index in [1.165, 1.54) is 27.6 Å². The van der Waals surface area contributed by atoms with Crippen molar-refractivity contribution in [1.29, 1.82) is 0 Å². The molecule has 44 heavy (non-hydrogen) atoms. The number of halogens is 7. The van der Waals surface area contributed by atoms with Gasteiger partial charge >= 0.3 is 12.4 Å². The Kier molecular flexibility index (Phi) is 7.84. The van der Waals surface area contributed by atoms with Crippen LogP contribution in [0.3, 0.4) is 0 Å². The van der Waals surface area contributed by atoms with Gasteiger partial charge < -0.3 is 15.1 Å². The molecule has 0 bridgehead atoms. The third kappa shape index (κ3) is 5.46. The SMILES string of the molecule is CNC(=O)[C@@H]1CN(C(C)c2cnc(C(F)(F)F)nc2)C(=O)c2c3c(nn21)C[C@@H](C)N(C(=O)c1ccc(Cl)c(C(F)(F)F)c1)C3. The average molecular weight is 644 g/mol. The van der Waals surface area contributed by atoms with Gasteiger partial charge in [-0.1, -0.05) is 11.6 Å². The Labute approximate surface area is 251 Å². The fourth-order valence-electron chi connectivity index (χ4n) is 5.38. The lowest BCUT2D eigenvalue weighted by molar-refractivity contribution is -0.145. The summed E-state index contributed by atoms with van der Waals surface area (Å²) in [6.07, 6.45) is -7.52. The summed E-state index contributed by atoms with van der Waals surface area (Å²) in [7, 11) is 1.39. The fraction of sp³-hybridized carbons (Fsp3) is 0.407. The molecule has 1 N–H and O–H groups in total. The van der Waals surface area contributed by atoms with Gasteiger partial charge in [0.1, 0.15) is 11.7 Å². The van der Waals surface area contributed by atoms with Crippen molar-refractivity contribution in [3.63, 3.8) is 0 Å². The predicted molar refractivity (Wildman–Crippen MR) is 141 cm³/mol. The van der Waals surface area contributed by atoms with Crippen molar-refractivity contribution in [2.24, 2.45) is 0 Å². The van der Waals surface area contributed by atoms with E-state index in [1.807, 2.05) is 0 Å². The summed E-state index contributed by atoms with van der Waals surface area (Å²) in [4.78, 5) is 49.7. The Morgan fingerprint density at radius 1 is 1.09 bits per heavy atom. The Balaban J connectivity index is 1.51. The maximum Gasteiger partial charge on any atom is 0.451 e. The molecule has 0 saturated heterocycles. The monoisotopic (exact) mass is 643 g/mol. The molecule has 17 heteroatoms. The second-order valence-electron chi connectivity index (χ2n) is 10.5. The van der Waals surface area contributed by atoms with Gasteiger partial charge in [0.15, 0.2) is 0 Å². The van der Waals surface area contributed by atoms with Gasteiger partial charge in [0.25, 0.3) is 11.8 Å². The number of benzene rings is 1. The highest BCUT2D eigenvalue weighted by atomic mass is 35.5. The van der Waals surface area contributed by atoms with E-state index >= 15 is 0 Å². The van der Waals surface area contributed by atoms with Crippen molar-refractivity contribution in [3.05, 3.63) is 75.1 Å². The van der Waals surface area contributed by atoms with Gasteiger partial charge in [-0.3, -0.25) is 14.4 Å². The van der Waals surface area contributed by atoms with Crippen molar-refractivity contribution in [1.82, 2.24) is 34.9 Å². The predicted octanol–water partition coefficient (Wildman–Crippen LogP) is 4.46. The molecule has 2 aliphatic heterocycles. The quantitative estimate of drug-likeness (QED) is 0.421. The van der Waals surface area contributed by atoms with Crippen LogP contribution in [-0.4, -0.2) is 66.9 Å². The maximum atomic E-state index is 13.9. The van der Waals surface area contributed by atoms with E-state index in [0.717, 1.165) is 18.5 Å². The largest absolute Gasteiger partial charge is 0.451 e. The standard InChI is InChI=1S/C27H24ClF6N7O3/c1-12-6-19-16(10-39(12)23(43)14-4-5-18(28)17(7-14)26(29,30)31)21-24(44)40(11-20(22(42)35-3)41(21)38-19)13(2)15-8-36-25(37-9-15)27(32,33)34/h4-5,7-9,12-13,20H,6,10-11H2,1-3H3,(H,35,42)/t12-,13?,20+/m1/s1. The minimum Gasteiger partial charge on any atom is -0.357 e. The highest BCUT2D eigenvalue weighted by Crippen LogP contribution is 2.38. The molecular weight excluding hydrogens is 620 g/mol. The number of rotatable bonds is 4. The second-order valence-corrected chi connectivity index (χ2v) is 10.9. The van der Waals surface area contributed by atoms with Gasteiger partial charge in [-0.2, -0.15) is 31.4 Å². The third-order valence-electron chi connectivity index (χ3n) is 7.77. The molecule has 3 amide bonds. The lowest BCUT2D eigenvalue weighted by Crippen LogP contribution is -2.49. The van der Waals surface area contributed by atoms with Crippen LogP contribution >= 0.6 is 11.6 Å². The van der Waals surface area contributed by atoms with E-state index in [2.05, 4.69) is 20.4 Å². The number of fused-ring (bicyclic) bond motifs is 3. The first-order valence-electron chi connectivity index (χ1n) is 13.2. The van der Waals surface area contributed by atoms with Gasteiger partial charge in [-0.15, -0.1) is 0 Å². The smallest absolute Gasteiger partial charge is 0.357 e. The number of amides is 3. The highest BCUT2D eigenvalue weighted by Gasteiger charge is 2.44. The number of likely N-dealkylation sites (N-methyl/N-ethyl adjacent to an activating group) is 1. The van der Waals surface area contributed by atoms with Crippen LogP contribution in [0.1, 0.15) is 75.0 Å². The van der Waals surface area contributed by atoms with Gasteiger partial charge in [-0.25, -0.2) is 14.6 Å². The van der Waals surface area contributed by atoms with Crippen LogP contribution in [-0.2, 0) is 30.1 Å². The maximum absolute atomic E-state index is 13.9. The molecule has 3 atom stereocenters. The van der Waals surface area contributed by atoms with Crippen LogP contribution < -0.4 is 5.32 Å². The van der Waals surface area contributed by atoms with Crippen LogP contribution in [0.15, 0.2) is 30.6 Å². The molecule has 0 spiro atoms. The van der Waals surface area contributed by atoms with Gasteiger partial charge in [0.05, 0.1) is 35.4 Å². The summed E-state index contributed by atoms with van der Waals surface area (Å²) in [5.41, 5.74) is -0.531. The van der Waals surface area contributed by atoms with Crippen molar-refractivity contribution in [2.75, 3.05) is 13.6 Å². The summed E-state index contributed by atoms with van der Waals surface area (Å²) in [5.74, 6) is -3.19. The van der Waals surface area contributed by atoms with Gasteiger partial charge in [0, 0.05) is 48.6 Å². The number of hydrogen-bond acceptors (Lipinski definition) is 6. The lowest BCUT2D eigenvalue weighted by Gasteiger charge is -2.37. The zero-order valence-electron chi connectivity index (χ0n) is 23.3. The number of hydrogen-bond donors (Lipinski definition) is 1. The zero-order chi connectivity index (χ0) is 32.3. The first-order chi connectivity index (χ1) is 20.5. The molecule has 0 radical (unpaired) electrons. The number of aromatic nitrogens is 4. The van der Waals surface area contributed by atoms with E-state index in [0.29, 0.717) is 17.3 Å². The van der Waals surface area contributed by atoms with E-state index in [9.17, 15) is 40.7 Å². The zero-order valence-corrected chi connectivity index (χ0v) is 24.0. The molecule has 10 nitrogen and oxygen atoms in total. The molecule has 2 aliphatic rings. The van der Waals surface area contributed by atoms with Crippen molar-refractivity contribution < 1.29 is 40.7 Å². The summed E-state index contributed by atoms with van der Waals surface area (Å²) in [6.45, 7) is 2.83. The van der Waals surface area contributed by atoms with Crippen LogP contribution in [0.2, 0.25) is 5.02 Å². The topological polar surface area (TPSA) is 113 Å². The summed E-state index contributed by atoms with van der Waals surface area (Å²) in [5, 5.41) is 6.48. The Hall–Kier alpha value is -4.21. The van der Waals surface area contributed by atoms with Crippen LogP contribution in [0.4, 0.5) is 26.3 Å². The van der Waals surface area contributed by atoms with E-state index in [-0.39, 0.29) is 36.3 Å². The average Bonchev–Trinajstić information content (AvgIpc) is 3.33. The van der Waals surface area contributed by atoms with Crippen molar-refractivity contribution in [2.45, 2.75) is 57.3 Å². The Bertz CT molecular complexity index is 1640. The number of alkyl halides is 6. The first kappa shape index (κ1) is 31.2. The number of carbonyl (C=O) groups is 3. The summed E-state index contributed by atoms with van der Waals surface area (Å²) >= 11 is 5.72. The fourth-order valence-corrected chi connectivity index (χ4v) is 5.61. The van der Waals surface area contributed by atoms with Crippen molar-refractivity contribution in [3.8, 4) is 0 Å². The Morgan fingerprint density at radius 3 is 2.34 bits per heavy atom. The molecule has 4 heterocycles. The molecule has 5 rings (SSSR count). The van der Waals surface area contributed by atoms with Crippen LogP contribution in [0.25, 0.3) is 0 Å². The lowest BCUT2D eigenvalue weighted by atomic mass is 9.96. The Morgan fingerprint density at radius 2 is 1.75 bits per heavy atom. The summed E-state index contributed by atoms with van der Waals surface area (Å²) in [6, 6.07) is 0.402. The molecule has 1 unspecified atom stereocenters. The van der Waals surface area contributed by atoms with E-state index < -0.39 is 64.6 Å². The van der Waals surface area contributed by atoms with E-state index in [4.69, 9.17) is 11.6 Å². The molecule has 0 aliphatic carbocycles. The second kappa shape index (κ2) is 11.1. The molecule has 234 valence electrons.